The van der Waals surface area contributed by atoms with Crippen molar-refractivity contribution in [2.75, 3.05) is 13.2 Å². The first kappa shape index (κ1) is 22.7. The van der Waals surface area contributed by atoms with E-state index in [1.165, 1.54) is 12.3 Å². The fourth-order valence-electron chi connectivity index (χ4n) is 2.42. The van der Waals surface area contributed by atoms with Gasteiger partial charge in [0.25, 0.3) is 11.8 Å². The summed E-state index contributed by atoms with van der Waals surface area (Å²) in [6, 6.07) is 10.3. The van der Waals surface area contributed by atoms with Crippen LogP contribution in [0.5, 0.6) is 0 Å². The number of esters is 1. The number of amides is 4. The molecule has 2 rings (SSSR count). The quantitative estimate of drug-likeness (QED) is 0.535. The normalized spacial score (nSPS) is 11.4. The summed E-state index contributed by atoms with van der Waals surface area (Å²) in [5.41, 5.74) is 0.789. The van der Waals surface area contributed by atoms with E-state index in [1.54, 1.807) is 30.3 Å². The monoisotopic (exact) mass is 415 g/mol. The van der Waals surface area contributed by atoms with Crippen LogP contribution < -0.4 is 16.0 Å². The predicted molar refractivity (Wildman–Crippen MR) is 107 cm³/mol. The van der Waals surface area contributed by atoms with E-state index in [0.29, 0.717) is 6.54 Å². The first-order chi connectivity index (χ1) is 14.3. The number of nitrogens with one attached hydrogen (secondary N) is 3. The van der Waals surface area contributed by atoms with E-state index < -0.39 is 36.5 Å². The Hall–Kier alpha value is -3.62. The van der Waals surface area contributed by atoms with Crippen LogP contribution >= 0.6 is 0 Å². The number of benzene rings is 1. The zero-order chi connectivity index (χ0) is 21.9. The van der Waals surface area contributed by atoms with Crippen LogP contribution in [0.2, 0.25) is 0 Å². The third-order valence-electron chi connectivity index (χ3n) is 3.89. The largest absolute Gasteiger partial charge is 0.459 e. The maximum absolute atomic E-state index is 12.5. The Morgan fingerprint density at radius 1 is 1.03 bits per heavy atom. The Balaban J connectivity index is 1.93. The summed E-state index contributed by atoms with van der Waals surface area (Å²) in [7, 11) is 0. The van der Waals surface area contributed by atoms with Crippen molar-refractivity contribution in [1.29, 1.82) is 0 Å². The van der Waals surface area contributed by atoms with Crippen molar-refractivity contribution in [3.05, 3.63) is 60.1 Å². The molecule has 9 nitrogen and oxygen atoms in total. The second kappa shape index (κ2) is 11.4. The molecular weight excluding hydrogens is 390 g/mol. The van der Waals surface area contributed by atoms with E-state index in [0.717, 1.165) is 5.56 Å². The minimum absolute atomic E-state index is 0.0421. The molecule has 0 fully saturated rings. The summed E-state index contributed by atoms with van der Waals surface area (Å²) < 4.78 is 10.0. The SMILES string of the molecule is CC(C)CNC(=O)NC(=O)COC(=O)C(Cc1ccccc1)NC(=O)c1ccco1. The number of urea groups is 1. The van der Waals surface area contributed by atoms with Gasteiger partial charge in [-0.2, -0.15) is 0 Å². The lowest BCUT2D eigenvalue weighted by Gasteiger charge is -2.17. The maximum Gasteiger partial charge on any atom is 0.329 e. The topological polar surface area (TPSA) is 127 Å². The average Bonchev–Trinajstić information content (AvgIpc) is 3.26. The van der Waals surface area contributed by atoms with E-state index in [4.69, 9.17) is 9.15 Å². The zero-order valence-corrected chi connectivity index (χ0v) is 16.8. The van der Waals surface area contributed by atoms with E-state index >= 15 is 0 Å². The lowest BCUT2D eigenvalue weighted by Crippen LogP contribution is -2.46. The van der Waals surface area contributed by atoms with Gasteiger partial charge in [-0.15, -0.1) is 0 Å². The molecule has 1 aromatic heterocycles. The summed E-state index contributed by atoms with van der Waals surface area (Å²) in [6.45, 7) is 3.56. The molecule has 1 atom stereocenters. The van der Waals surface area contributed by atoms with Crippen molar-refractivity contribution >= 4 is 23.8 Å². The molecule has 0 aliphatic carbocycles. The molecule has 160 valence electrons. The summed E-state index contributed by atoms with van der Waals surface area (Å²) in [6.07, 6.45) is 1.50. The van der Waals surface area contributed by atoms with Crippen LogP contribution in [0.25, 0.3) is 0 Å². The zero-order valence-electron chi connectivity index (χ0n) is 16.8. The molecule has 0 bridgehead atoms. The Morgan fingerprint density at radius 2 is 1.77 bits per heavy atom. The number of hydrogen-bond acceptors (Lipinski definition) is 6. The highest BCUT2D eigenvalue weighted by molar-refractivity contribution is 5.97. The lowest BCUT2D eigenvalue weighted by atomic mass is 10.1. The van der Waals surface area contributed by atoms with Crippen molar-refractivity contribution in [1.82, 2.24) is 16.0 Å². The van der Waals surface area contributed by atoms with Crippen molar-refractivity contribution in [2.45, 2.75) is 26.3 Å². The van der Waals surface area contributed by atoms with Gasteiger partial charge in [0.15, 0.2) is 12.4 Å². The van der Waals surface area contributed by atoms with E-state index in [-0.39, 0.29) is 18.1 Å². The van der Waals surface area contributed by atoms with E-state index in [2.05, 4.69) is 16.0 Å². The van der Waals surface area contributed by atoms with Gasteiger partial charge >= 0.3 is 12.0 Å². The van der Waals surface area contributed by atoms with Crippen LogP contribution in [0.15, 0.2) is 53.1 Å². The molecule has 0 aliphatic rings. The molecule has 30 heavy (non-hydrogen) atoms. The first-order valence-corrected chi connectivity index (χ1v) is 9.47. The molecule has 0 spiro atoms. The highest BCUT2D eigenvalue weighted by Gasteiger charge is 2.25. The van der Waals surface area contributed by atoms with Gasteiger partial charge in [-0.05, 0) is 23.6 Å². The minimum Gasteiger partial charge on any atom is -0.459 e. The molecule has 1 unspecified atom stereocenters. The summed E-state index contributed by atoms with van der Waals surface area (Å²) >= 11 is 0. The minimum atomic E-state index is -1.05. The van der Waals surface area contributed by atoms with Gasteiger partial charge in [-0.25, -0.2) is 9.59 Å². The van der Waals surface area contributed by atoms with Gasteiger partial charge in [0, 0.05) is 13.0 Å². The molecule has 0 saturated heterocycles. The van der Waals surface area contributed by atoms with Crippen molar-refractivity contribution < 1.29 is 28.3 Å². The highest BCUT2D eigenvalue weighted by atomic mass is 16.5. The lowest BCUT2D eigenvalue weighted by molar-refractivity contribution is -0.150. The van der Waals surface area contributed by atoms with Crippen LogP contribution in [0, 0.1) is 5.92 Å². The molecule has 3 N–H and O–H groups in total. The van der Waals surface area contributed by atoms with Crippen molar-refractivity contribution in [3.8, 4) is 0 Å². The second-order valence-electron chi connectivity index (χ2n) is 6.95. The fourth-order valence-corrected chi connectivity index (χ4v) is 2.42. The molecule has 9 heteroatoms. The first-order valence-electron chi connectivity index (χ1n) is 9.47. The van der Waals surface area contributed by atoms with Gasteiger partial charge < -0.3 is 19.8 Å². The highest BCUT2D eigenvalue weighted by Crippen LogP contribution is 2.07. The van der Waals surface area contributed by atoms with Gasteiger partial charge in [0.05, 0.1) is 6.26 Å². The number of ether oxygens (including phenoxy) is 1. The Labute approximate surface area is 174 Å². The van der Waals surface area contributed by atoms with Gasteiger partial charge in [0.2, 0.25) is 0 Å². The number of carbonyl (C=O) groups is 4. The fraction of sp³-hybridized carbons (Fsp3) is 0.333. The van der Waals surface area contributed by atoms with Crippen molar-refractivity contribution in [2.24, 2.45) is 5.92 Å². The summed E-state index contributed by atoms with van der Waals surface area (Å²) in [4.78, 5) is 48.2. The number of furan rings is 1. The van der Waals surface area contributed by atoms with Crippen LogP contribution in [-0.4, -0.2) is 43.0 Å². The molecule has 0 aliphatic heterocycles. The van der Waals surface area contributed by atoms with E-state index in [9.17, 15) is 19.2 Å². The number of carbonyl (C=O) groups excluding carboxylic acids is 4. The molecule has 0 radical (unpaired) electrons. The predicted octanol–water partition coefficient (Wildman–Crippen LogP) is 1.65. The molecule has 4 amide bonds. The maximum atomic E-state index is 12.5. The molecule has 1 heterocycles. The Kier molecular flexibility index (Phi) is 8.61. The van der Waals surface area contributed by atoms with Crippen LogP contribution in [0.3, 0.4) is 0 Å². The summed E-state index contributed by atoms with van der Waals surface area (Å²) in [5, 5.41) is 7.14. The average molecular weight is 415 g/mol. The van der Waals surface area contributed by atoms with Crippen molar-refractivity contribution in [3.63, 3.8) is 0 Å². The second-order valence-corrected chi connectivity index (χ2v) is 6.95. The summed E-state index contributed by atoms with van der Waals surface area (Å²) in [5.74, 6) is -1.91. The standard InChI is InChI=1S/C21H25N3O6/c1-14(2)12-22-21(28)24-18(25)13-30-20(27)16(11-15-7-4-3-5-8-15)23-19(26)17-9-6-10-29-17/h3-10,14,16H,11-13H2,1-2H3,(H,23,26)(H2,22,24,25,28). The third-order valence-corrected chi connectivity index (χ3v) is 3.89. The molecular formula is C21H25N3O6. The molecule has 2 aromatic rings. The van der Waals surface area contributed by atoms with Gasteiger partial charge in [-0.3, -0.25) is 14.9 Å². The van der Waals surface area contributed by atoms with Gasteiger partial charge in [0.1, 0.15) is 6.04 Å². The number of imide groups is 1. The van der Waals surface area contributed by atoms with Crippen LogP contribution in [-0.2, 0) is 20.7 Å². The Bertz CT molecular complexity index is 849. The smallest absolute Gasteiger partial charge is 0.329 e. The van der Waals surface area contributed by atoms with Gasteiger partial charge in [-0.1, -0.05) is 44.2 Å². The molecule has 0 saturated carbocycles. The van der Waals surface area contributed by atoms with Crippen LogP contribution in [0.4, 0.5) is 4.79 Å². The Morgan fingerprint density at radius 3 is 2.40 bits per heavy atom. The third kappa shape index (κ3) is 7.78. The van der Waals surface area contributed by atoms with E-state index in [1.807, 2.05) is 19.9 Å². The molecule has 1 aromatic carbocycles. The van der Waals surface area contributed by atoms with Crippen LogP contribution in [0.1, 0.15) is 30.0 Å². The number of hydrogen-bond donors (Lipinski definition) is 3. The number of rotatable bonds is 9.